The van der Waals surface area contributed by atoms with E-state index in [-0.39, 0.29) is 35.7 Å². The SMILES string of the molecule is CC(C)[C@H](CO)N1C(=O)[C@@H]2[C@H]3C(=O)N(c4ccccc4)CC=C[C@@]3(C)O[C@@]23C=CCN(C(C)(C)CC(C)(C)C)C(=O)C13. The van der Waals surface area contributed by atoms with E-state index in [0.717, 1.165) is 12.1 Å². The van der Waals surface area contributed by atoms with Crippen molar-refractivity contribution in [3.05, 3.63) is 54.6 Å². The van der Waals surface area contributed by atoms with Gasteiger partial charge in [0.2, 0.25) is 17.7 Å². The number of hydrogen-bond donors (Lipinski definition) is 1. The lowest BCUT2D eigenvalue weighted by atomic mass is 9.74. The Bertz CT molecular complexity index is 1300. The summed E-state index contributed by atoms with van der Waals surface area (Å²) >= 11 is 0. The zero-order chi connectivity index (χ0) is 30.8. The lowest BCUT2D eigenvalue weighted by Crippen LogP contribution is -2.62. The van der Waals surface area contributed by atoms with E-state index in [1.807, 2.05) is 80.3 Å². The van der Waals surface area contributed by atoms with E-state index in [1.165, 1.54) is 0 Å². The molecule has 2 saturated heterocycles. The highest BCUT2D eigenvalue weighted by Crippen LogP contribution is 2.58. The van der Waals surface area contributed by atoms with Crippen LogP contribution in [0, 0.1) is 23.2 Å². The number of carbonyl (C=O) groups excluding carboxylic acids is 3. The fourth-order valence-electron chi connectivity index (χ4n) is 8.22. The Kier molecular flexibility index (Phi) is 7.50. The van der Waals surface area contributed by atoms with Crippen molar-refractivity contribution in [3.8, 4) is 0 Å². The highest BCUT2D eigenvalue weighted by molar-refractivity contribution is 6.04. The molecular formula is C34H47N3O5. The minimum Gasteiger partial charge on any atom is -0.394 e. The Morgan fingerprint density at radius 3 is 2.17 bits per heavy atom. The molecule has 8 heteroatoms. The molecule has 2 fully saturated rings. The molecule has 8 nitrogen and oxygen atoms in total. The van der Waals surface area contributed by atoms with Gasteiger partial charge in [-0.05, 0) is 50.7 Å². The molecule has 5 rings (SSSR count). The van der Waals surface area contributed by atoms with Crippen molar-refractivity contribution in [3.63, 3.8) is 0 Å². The maximum Gasteiger partial charge on any atom is 0.249 e. The molecule has 42 heavy (non-hydrogen) atoms. The second-order valence-corrected chi connectivity index (χ2v) is 14.8. The molecule has 0 saturated carbocycles. The molecule has 4 aliphatic rings. The number of benzene rings is 1. The molecule has 0 aromatic heterocycles. The van der Waals surface area contributed by atoms with Crippen molar-refractivity contribution < 1.29 is 24.2 Å². The number of amides is 3. The van der Waals surface area contributed by atoms with Gasteiger partial charge in [-0.2, -0.15) is 0 Å². The standard InChI is InChI=1S/C34H47N3O5/c1-22(2)24(20-38)37-27-30(41)36(32(6,7)21-31(3,4)5)19-13-17-34(27)26(29(37)40)25-28(39)35(23-14-10-9-11-15-23)18-12-16-33(25,8)42-34/h9-17,22,24-27,38H,18-21H2,1-8H3/t24-,25-,26-,27?,33+,34-/m0/s1. The van der Waals surface area contributed by atoms with E-state index in [0.29, 0.717) is 13.1 Å². The molecule has 1 N–H and O–H groups in total. The van der Waals surface area contributed by atoms with Crippen LogP contribution in [0.15, 0.2) is 54.6 Å². The highest BCUT2D eigenvalue weighted by Gasteiger charge is 2.75. The maximum absolute atomic E-state index is 14.9. The van der Waals surface area contributed by atoms with Crippen LogP contribution >= 0.6 is 0 Å². The third-order valence-corrected chi connectivity index (χ3v) is 9.57. The van der Waals surface area contributed by atoms with Crippen LogP contribution in [0.2, 0.25) is 0 Å². The van der Waals surface area contributed by atoms with Crippen LogP contribution in [0.5, 0.6) is 0 Å². The van der Waals surface area contributed by atoms with Gasteiger partial charge in [-0.1, -0.05) is 77.1 Å². The van der Waals surface area contributed by atoms with Crippen molar-refractivity contribution in [2.75, 3.05) is 24.6 Å². The number of rotatable bonds is 6. The predicted molar refractivity (Wildman–Crippen MR) is 162 cm³/mol. The second-order valence-electron chi connectivity index (χ2n) is 14.8. The van der Waals surface area contributed by atoms with Crippen LogP contribution in [-0.4, -0.2) is 81.1 Å². The molecule has 0 aliphatic carbocycles. The molecule has 0 bridgehead atoms. The Morgan fingerprint density at radius 2 is 1.57 bits per heavy atom. The molecular weight excluding hydrogens is 530 g/mol. The summed E-state index contributed by atoms with van der Waals surface area (Å²) in [5.74, 6) is -2.62. The first kappa shape index (κ1) is 30.5. The number of hydrogen-bond acceptors (Lipinski definition) is 5. The molecule has 1 aromatic rings. The summed E-state index contributed by atoms with van der Waals surface area (Å²) in [4.78, 5) is 49.2. The van der Waals surface area contributed by atoms with Gasteiger partial charge in [-0.3, -0.25) is 14.4 Å². The third kappa shape index (κ3) is 4.71. The van der Waals surface area contributed by atoms with Gasteiger partial charge in [0.15, 0.2) is 0 Å². The topological polar surface area (TPSA) is 90.4 Å². The van der Waals surface area contributed by atoms with Crippen molar-refractivity contribution in [2.24, 2.45) is 23.2 Å². The fraction of sp³-hybridized carbons (Fsp3) is 0.618. The average Bonchev–Trinajstić information content (AvgIpc) is 3.14. The Balaban J connectivity index is 1.67. The summed E-state index contributed by atoms with van der Waals surface area (Å²) < 4.78 is 6.98. The molecule has 1 spiro atoms. The van der Waals surface area contributed by atoms with E-state index >= 15 is 0 Å². The smallest absolute Gasteiger partial charge is 0.249 e. The van der Waals surface area contributed by atoms with E-state index in [1.54, 1.807) is 9.80 Å². The molecule has 4 heterocycles. The van der Waals surface area contributed by atoms with Crippen molar-refractivity contribution in [1.29, 1.82) is 0 Å². The number of fused-ring (bicyclic) bond motifs is 2. The Labute approximate surface area is 250 Å². The molecule has 1 aromatic carbocycles. The normalized spacial score (nSPS) is 32.2. The van der Waals surface area contributed by atoms with Gasteiger partial charge in [0.05, 0.1) is 30.1 Å². The summed E-state index contributed by atoms with van der Waals surface area (Å²) in [6, 6.07) is 7.82. The maximum atomic E-state index is 14.9. The van der Waals surface area contributed by atoms with Gasteiger partial charge >= 0.3 is 0 Å². The van der Waals surface area contributed by atoms with Crippen LogP contribution in [0.4, 0.5) is 5.69 Å². The average molecular weight is 578 g/mol. The van der Waals surface area contributed by atoms with E-state index in [4.69, 9.17) is 4.74 Å². The minimum absolute atomic E-state index is 0.0423. The second kappa shape index (κ2) is 10.3. The van der Waals surface area contributed by atoms with Crippen molar-refractivity contribution in [2.45, 2.75) is 90.6 Å². The first-order valence-corrected chi connectivity index (χ1v) is 15.2. The van der Waals surface area contributed by atoms with Crippen LogP contribution in [-0.2, 0) is 19.1 Å². The van der Waals surface area contributed by atoms with Gasteiger partial charge in [0.25, 0.3) is 0 Å². The van der Waals surface area contributed by atoms with Gasteiger partial charge in [0, 0.05) is 24.3 Å². The lowest BCUT2D eigenvalue weighted by molar-refractivity contribution is -0.159. The number of nitrogens with zero attached hydrogens (tertiary/aromatic N) is 3. The number of anilines is 1. The highest BCUT2D eigenvalue weighted by atomic mass is 16.5. The lowest BCUT2D eigenvalue weighted by Gasteiger charge is -2.46. The first-order chi connectivity index (χ1) is 19.6. The van der Waals surface area contributed by atoms with Gasteiger partial charge in [-0.25, -0.2) is 0 Å². The number of carbonyl (C=O) groups is 3. The zero-order valence-electron chi connectivity index (χ0n) is 26.3. The van der Waals surface area contributed by atoms with Crippen LogP contribution in [0.3, 0.4) is 0 Å². The molecule has 228 valence electrons. The fourth-order valence-corrected chi connectivity index (χ4v) is 8.22. The van der Waals surface area contributed by atoms with E-state index in [9.17, 15) is 19.5 Å². The summed E-state index contributed by atoms with van der Waals surface area (Å²) in [5.41, 5.74) is -2.27. The van der Waals surface area contributed by atoms with Crippen molar-refractivity contribution in [1.82, 2.24) is 9.80 Å². The summed E-state index contributed by atoms with van der Waals surface area (Å²) in [5, 5.41) is 10.6. The third-order valence-electron chi connectivity index (χ3n) is 9.57. The van der Waals surface area contributed by atoms with Crippen LogP contribution in [0.25, 0.3) is 0 Å². The quantitative estimate of drug-likeness (QED) is 0.512. The zero-order valence-corrected chi connectivity index (χ0v) is 26.3. The number of aliphatic hydroxyl groups is 1. The number of likely N-dealkylation sites (tertiary alicyclic amines) is 1. The number of ether oxygens (including phenoxy) is 1. The van der Waals surface area contributed by atoms with Gasteiger partial charge in [0.1, 0.15) is 11.6 Å². The van der Waals surface area contributed by atoms with E-state index < -0.39 is 40.7 Å². The largest absolute Gasteiger partial charge is 0.394 e. The summed E-state index contributed by atoms with van der Waals surface area (Å²) in [7, 11) is 0. The molecule has 3 amide bonds. The molecule has 0 radical (unpaired) electrons. The van der Waals surface area contributed by atoms with Gasteiger partial charge < -0.3 is 24.5 Å². The molecule has 1 unspecified atom stereocenters. The molecule has 4 aliphatic heterocycles. The Hall–Kier alpha value is -2.97. The number of para-hydroxylation sites is 1. The predicted octanol–water partition coefficient (Wildman–Crippen LogP) is 4.19. The molecule has 6 atom stereocenters. The summed E-state index contributed by atoms with van der Waals surface area (Å²) in [6.45, 7) is 16.8. The van der Waals surface area contributed by atoms with E-state index in [2.05, 4.69) is 34.6 Å². The van der Waals surface area contributed by atoms with Gasteiger partial charge in [-0.15, -0.1) is 0 Å². The Morgan fingerprint density at radius 1 is 0.929 bits per heavy atom. The summed E-state index contributed by atoms with van der Waals surface area (Å²) in [6.07, 6.45) is 8.39. The van der Waals surface area contributed by atoms with Crippen LogP contribution < -0.4 is 4.90 Å². The van der Waals surface area contributed by atoms with Crippen LogP contribution in [0.1, 0.15) is 61.8 Å². The number of aliphatic hydroxyl groups excluding tert-OH is 1. The monoisotopic (exact) mass is 577 g/mol. The van der Waals surface area contributed by atoms with Crippen molar-refractivity contribution >= 4 is 23.4 Å². The minimum atomic E-state index is -1.36. The first-order valence-electron chi connectivity index (χ1n) is 15.2.